The Morgan fingerprint density at radius 1 is 1.29 bits per heavy atom. The quantitative estimate of drug-likeness (QED) is 0.538. The van der Waals surface area contributed by atoms with E-state index in [1.807, 2.05) is 0 Å². The first kappa shape index (κ1) is 24.8. The van der Waals surface area contributed by atoms with Crippen molar-refractivity contribution in [2.45, 2.75) is 17.7 Å². The van der Waals surface area contributed by atoms with Crippen LogP contribution in [0.15, 0.2) is 57.0 Å². The zero-order valence-corrected chi connectivity index (χ0v) is 21.4. The molecule has 0 bridgehead atoms. The molecule has 2 aliphatic rings. The van der Waals surface area contributed by atoms with Gasteiger partial charge in [0, 0.05) is 32.3 Å². The second kappa shape index (κ2) is 10.2. The molecule has 0 aliphatic carbocycles. The van der Waals surface area contributed by atoms with Crippen LogP contribution in [-0.4, -0.2) is 51.3 Å². The number of nitrogens with one attached hydrogen (secondary N) is 1. The molecule has 1 saturated heterocycles. The number of methoxy groups -OCH3 is 1. The van der Waals surface area contributed by atoms with Crippen LogP contribution < -0.4 is 5.32 Å². The number of sulfonamides is 1. The van der Waals surface area contributed by atoms with Gasteiger partial charge in [0.25, 0.3) is 0 Å². The molecule has 1 unspecified atom stereocenters. The summed E-state index contributed by atoms with van der Waals surface area (Å²) in [4.78, 5) is 15.8. The van der Waals surface area contributed by atoms with Crippen LogP contribution in [0, 0.1) is 11.7 Å². The van der Waals surface area contributed by atoms with Gasteiger partial charge < -0.3 is 10.1 Å². The number of alkyl carbamates (subject to hydrolysis) is 1. The topological polar surface area (TPSA) is 88.1 Å². The van der Waals surface area contributed by atoms with E-state index >= 15 is 0 Å². The smallest absolute Gasteiger partial charge is 0.406 e. The zero-order chi connectivity index (χ0) is 24.5. The van der Waals surface area contributed by atoms with Gasteiger partial charge in [0.05, 0.1) is 22.3 Å². The largest absolute Gasteiger partial charge is 0.453 e. The molecule has 0 aromatic heterocycles. The lowest BCUT2D eigenvalue weighted by atomic mass is 9.99. The third kappa shape index (κ3) is 5.19. The fourth-order valence-electron chi connectivity index (χ4n) is 3.98. The van der Waals surface area contributed by atoms with Crippen LogP contribution in [0.25, 0.3) is 5.57 Å². The highest BCUT2D eigenvalue weighted by atomic mass is 79.9. The Labute approximate surface area is 210 Å². The highest BCUT2D eigenvalue weighted by Crippen LogP contribution is 2.33. The number of aliphatic imine (C=N–C) groups is 1. The minimum absolute atomic E-state index is 0.0130. The number of nitrogens with zero attached hydrogens (tertiary/aromatic N) is 2. The molecule has 7 nitrogen and oxygen atoms in total. The number of carbonyl (C=O) groups is 1. The zero-order valence-electron chi connectivity index (χ0n) is 18.2. The summed E-state index contributed by atoms with van der Waals surface area (Å²) in [6, 6.07) is 9.69. The Morgan fingerprint density at radius 2 is 2.06 bits per heavy atom. The molecule has 1 fully saturated rings. The number of rotatable bonds is 6. The lowest BCUT2D eigenvalue weighted by Crippen LogP contribution is -2.33. The van der Waals surface area contributed by atoms with Crippen LogP contribution in [-0.2, 0) is 14.8 Å². The number of allylic oxidation sites excluding steroid dienone is 1. The molecular weight excluding hydrogens is 549 g/mol. The van der Waals surface area contributed by atoms with Crippen LogP contribution in [0.5, 0.6) is 0 Å². The lowest BCUT2D eigenvalue weighted by molar-refractivity contribution is 0.169. The number of amides is 1. The number of carbonyl (C=O) groups excluding carboxylic acids is 1. The molecule has 1 atom stereocenters. The Morgan fingerprint density at radius 3 is 2.79 bits per heavy atom. The molecular formula is C23H22BrClFN3O4S. The minimum Gasteiger partial charge on any atom is -0.453 e. The van der Waals surface area contributed by atoms with E-state index < -0.39 is 16.1 Å². The van der Waals surface area contributed by atoms with Gasteiger partial charge in [0.1, 0.15) is 10.7 Å². The van der Waals surface area contributed by atoms with Gasteiger partial charge in [-0.1, -0.05) is 23.7 Å². The van der Waals surface area contributed by atoms with E-state index in [1.165, 1.54) is 23.5 Å². The molecule has 1 N–H and O–H groups in total. The van der Waals surface area contributed by atoms with Gasteiger partial charge in [0.15, 0.2) is 0 Å². The Bertz CT molecular complexity index is 1300. The minimum atomic E-state index is -3.84. The normalized spacial score (nSPS) is 18.5. The SMILES string of the molecule is COC(=O)NCC1CCN(S(=O)(=O)c2cc(C3=NC=C(c4ccc(Br)c(F)c4)C3)ccc2Cl)C1. The van der Waals surface area contributed by atoms with E-state index in [1.54, 1.807) is 30.5 Å². The van der Waals surface area contributed by atoms with Crippen LogP contribution >= 0.6 is 27.5 Å². The number of halogens is 3. The van der Waals surface area contributed by atoms with Crippen LogP contribution in [0.4, 0.5) is 9.18 Å². The molecule has 34 heavy (non-hydrogen) atoms. The molecule has 0 radical (unpaired) electrons. The van der Waals surface area contributed by atoms with Gasteiger partial charge in [-0.25, -0.2) is 17.6 Å². The van der Waals surface area contributed by atoms with Crippen molar-refractivity contribution in [2.75, 3.05) is 26.7 Å². The predicted octanol–water partition coefficient (Wildman–Crippen LogP) is 4.84. The summed E-state index contributed by atoms with van der Waals surface area (Å²) in [6.07, 6.45) is 2.17. The maximum Gasteiger partial charge on any atom is 0.406 e. The van der Waals surface area contributed by atoms with Crippen molar-refractivity contribution < 1.29 is 22.3 Å². The van der Waals surface area contributed by atoms with E-state index in [-0.39, 0.29) is 28.2 Å². The second-order valence-corrected chi connectivity index (χ2v) is 11.2. The average Bonchev–Trinajstić information content (AvgIpc) is 3.50. The second-order valence-electron chi connectivity index (χ2n) is 8.07. The fraction of sp³-hybridized carbons (Fsp3) is 0.304. The summed E-state index contributed by atoms with van der Waals surface area (Å²) in [7, 11) is -2.57. The number of ether oxygens (including phenoxy) is 1. The van der Waals surface area contributed by atoms with Gasteiger partial charge in [-0.15, -0.1) is 0 Å². The summed E-state index contributed by atoms with van der Waals surface area (Å²) in [5, 5.41) is 2.74. The standard InChI is InChI=1S/C23H22BrClFN3O4S/c1-33-23(30)28-11-14-6-7-29(13-14)34(31,32)22-10-16(3-5-19(22)25)21-9-17(12-27-21)15-2-4-18(24)20(26)8-15/h2-5,8,10,12,14H,6-7,9,11,13H2,1H3,(H,28,30). The Balaban J connectivity index is 1.49. The van der Waals surface area contributed by atoms with Crippen molar-refractivity contribution in [3.63, 3.8) is 0 Å². The molecule has 2 aromatic carbocycles. The van der Waals surface area contributed by atoms with Gasteiger partial charge in [-0.3, -0.25) is 4.99 Å². The molecule has 2 heterocycles. The maximum absolute atomic E-state index is 13.9. The molecule has 0 saturated carbocycles. The summed E-state index contributed by atoms with van der Waals surface area (Å²) in [5.74, 6) is -0.384. The van der Waals surface area contributed by atoms with Crippen LogP contribution in [0.3, 0.4) is 0 Å². The summed E-state index contributed by atoms with van der Waals surface area (Å²) < 4.78 is 47.0. The molecule has 1 amide bonds. The van der Waals surface area contributed by atoms with Gasteiger partial charge in [-0.05, 0) is 69.2 Å². The highest BCUT2D eigenvalue weighted by Gasteiger charge is 2.34. The first-order valence-corrected chi connectivity index (χ1v) is 13.1. The monoisotopic (exact) mass is 569 g/mol. The van der Waals surface area contributed by atoms with Crippen molar-refractivity contribution in [3.05, 3.63) is 69.0 Å². The number of hydrogen-bond acceptors (Lipinski definition) is 5. The predicted molar refractivity (Wildman–Crippen MR) is 132 cm³/mol. The molecule has 11 heteroatoms. The average molecular weight is 571 g/mol. The van der Waals surface area contributed by atoms with Crippen molar-refractivity contribution in [2.24, 2.45) is 10.9 Å². The lowest BCUT2D eigenvalue weighted by Gasteiger charge is -2.18. The first-order valence-electron chi connectivity index (χ1n) is 10.5. The van der Waals surface area contributed by atoms with E-state index in [4.69, 9.17) is 11.6 Å². The Hall–Kier alpha value is -2.27. The van der Waals surface area contributed by atoms with Gasteiger partial charge in [-0.2, -0.15) is 4.31 Å². The molecule has 4 rings (SSSR count). The van der Waals surface area contributed by atoms with E-state index in [0.29, 0.717) is 47.2 Å². The highest BCUT2D eigenvalue weighted by molar-refractivity contribution is 9.10. The van der Waals surface area contributed by atoms with Gasteiger partial charge >= 0.3 is 6.09 Å². The summed E-state index contributed by atoms with van der Waals surface area (Å²) >= 11 is 9.45. The van der Waals surface area contributed by atoms with E-state index in [9.17, 15) is 17.6 Å². The van der Waals surface area contributed by atoms with E-state index in [0.717, 1.165) is 5.57 Å². The molecule has 180 valence electrons. The van der Waals surface area contributed by atoms with Gasteiger partial charge in [0.2, 0.25) is 10.0 Å². The van der Waals surface area contributed by atoms with Crippen LogP contribution in [0.2, 0.25) is 5.02 Å². The summed E-state index contributed by atoms with van der Waals surface area (Å²) in [6.45, 7) is 0.932. The van der Waals surface area contributed by atoms with E-state index in [2.05, 4.69) is 31.0 Å². The van der Waals surface area contributed by atoms with Crippen molar-refractivity contribution in [1.29, 1.82) is 0 Å². The van der Waals surface area contributed by atoms with Crippen LogP contribution in [0.1, 0.15) is 24.0 Å². The fourth-order valence-corrected chi connectivity index (χ4v) is 6.26. The Kier molecular flexibility index (Phi) is 7.42. The maximum atomic E-state index is 13.9. The summed E-state index contributed by atoms with van der Waals surface area (Å²) in [5.41, 5.74) is 2.86. The third-order valence-corrected chi connectivity index (χ3v) is 8.87. The first-order chi connectivity index (χ1) is 16.2. The van der Waals surface area contributed by atoms with Crippen molar-refractivity contribution in [3.8, 4) is 0 Å². The molecule has 2 aliphatic heterocycles. The number of benzene rings is 2. The van der Waals surface area contributed by atoms with Crippen molar-refractivity contribution >= 4 is 54.9 Å². The molecule has 0 spiro atoms. The molecule has 2 aromatic rings. The third-order valence-electron chi connectivity index (χ3n) is 5.88. The number of hydrogen-bond donors (Lipinski definition) is 1. The van der Waals surface area contributed by atoms with Crippen molar-refractivity contribution in [1.82, 2.24) is 9.62 Å².